The van der Waals surface area contributed by atoms with Gasteiger partial charge in [0.25, 0.3) is 0 Å². The number of nitrogens with one attached hydrogen (secondary N) is 1. The number of benzene rings is 1. The van der Waals surface area contributed by atoms with Crippen LogP contribution >= 0.6 is 0 Å². The minimum atomic E-state index is -0.515. The lowest BCUT2D eigenvalue weighted by Crippen LogP contribution is -2.27. The molecule has 1 aliphatic heterocycles. The molecule has 4 heteroatoms. The minimum absolute atomic E-state index is 0.305. The first-order valence-electron chi connectivity index (χ1n) is 6.01. The zero-order valence-corrected chi connectivity index (χ0v) is 9.72. The smallest absolute Gasteiger partial charge is 0.126 e. The lowest BCUT2D eigenvalue weighted by Gasteiger charge is -2.10. The Labute approximate surface area is 100.0 Å². The molecule has 17 heavy (non-hydrogen) atoms. The molecular formula is C13H17F2NO. The fraction of sp³-hybridized carbons (Fsp3) is 0.538. The van der Waals surface area contributed by atoms with Crippen molar-refractivity contribution in [2.24, 2.45) is 0 Å². The Morgan fingerprint density at radius 2 is 2.00 bits per heavy atom. The average molecular weight is 241 g/mol. The van der Waals surface area contributed by atoms with Gasteiger partial charge in [-0.1, -0.05) is 0 Å². The third-order valence-electron chi connectivity index (χ3n) is 2.91. The zero-order valence-electron chi connectivity index (χ0n) is 9.72. The molecule has 1 fully saturated rings. The van der Waals surface area contributed by atoms with Gasteiger partial charge >= 0.3 is 0 Å². The van der Waals surface area contributed by atoms with Crippen LogP contribution in [0.3, 0.4) is 0 Å². The largest absolute Gasteiger partial charge is 0.377 e. The van der Waals surface area contributed by atoms with Crippen LogP contribution in [0.4, 0.5) is 8.78 Å². The van der Waals surface area contributed by atoms with Crippen molar-refractivity contribution in [3.05, 3.63) is 35.4 Å². The molecule has 0 saturated carbocycles. The molecule has 1 aromatic rings. The summed E-state index contributed by atoms with van der Waals surface area (Å²) in [6.07, 6.45) is 3.16. The summed E-state index contributed by atoms with van der Waals surface area (Å²) in [4.78, 5) is 0. The Morgan fingerprint density at radius 3 is 2.65 bits per heavy atom. The van der Waals surface area contributed by atoms with E-state index in [1.54, 1.807) is 0 Å². The van der Waals surface area contributed by atoms with Crippen molar-refractivity contribution in [3.63, 3.8) is 0 Å². The summed E-state index contributed by atoms with van der Waals surface area (Å²) in [5.41, 5.74) is 0.683. The molecule has 1 aromatic carbocycles. The van der Waals surface area contributed by atoms with Gasteiger partial charge in [-0.2, -0.15) is 0 Å². The highest BCUT2D eigenvalue weighted by Gasteiger charge is 2.14. The number of halogens is 2. The average Bonchev–Trinajstić information content (AvgIpc) is 2.76. The molecule has 0 radical (unpaired) electrons. The third kappa shape index (κ3) is 4.06. The summed E-state index contributed by atoms with van der Waals surface area (Å²) in [6.45, 7) is 2.38. The highest BCUT2D eigenvalue weighted by molar-refractivity contribution is 5.18. The molecule has 1 saturated heterocycles. The van der Waals surface area contributed by atoms with Crippen LogP contribution in [-0.2, 0) is 11.2 Å². The molecule has 1 aliphatic rings. The maximum atomic E-state index is 12.9. The van der Waals surface area contributed by atoms with Crippen LogP contribution in [-0.4, -0.2) is 25.8 Å². The Balaban J connectivity index is 1.70. The Morgan fingerprint density at radius 1 is 1.24 bits per heavy atom. The summed E-state index contributed by atoms with van der Waals surface area (Å²) >= 11 is 0. The number of rotatable bonds is 5. The first kappa shape index (κ1) is 12.5. The van der Waals surface area contributed by atoms with Crippen molar-refractivity contribution >= 4 is 0 Å². The van der Waals surface area contributed by atoms with Gasteiger partial charge in [0.15, 0.2) is 0 Å². The zero-order chi connectivity index (χ0) is 12.1. The quantitative estimate of drug-likeness (QED) is 0.798. The summed E-state index contributed by atoms with van der Waals surface area (Å²) in [7, 11) is 0. The van der Waals surface area contributed by atoms with Crippen LogP contribution in [0.2, 0.25) is 0 Å². The van der Waals surface area contributed by atoms with Crippen LogP contribution in [0.15, 0.2) is 18.2 Å². The number of hydrogen-bond acceptors (Lipinski definition) is 2. The molecule has 94 valence electrons. The van der Waals surface area contributed by atoms with Gasteiger partial charge in [-0.15, -0.1) is 0 Å². The molecule has 0 aliphatic carbocycles. The molecule has 1 N–H and O–H groups in total. The molecule has 1 heterocycles. The van der Waals surface area contributed by atoms with Crippen LogP contribution < -0.4 is 5.32 Å². The van der Waals surface area contributed by atoms with E-state index in [0.717, 1.165) is 32.1 Å². The number of ether oxygens (including phenoxy) is 1. The predicted octanol–water partition coefficient (Wildman–Crippen LogP) is 2.28. The van der Waals surface area contributed by atoms with Gasteiger partial charge in [-0.3, -0.25) is 0 Å². The van der Waals surface area contributed by atoms with E-state index in [0.29, 0.717) is 24.6 Å². The normalized spacial score (nSPS) is 19.8. The summed E-state index contributed by atoms with van der Waals surface area (Å²) in [5.74, 6) is -1.03. The molecule has 0 spiro atoms. The van der Waals surface area contributed by atoms with Crippen molar-refractivity contribution in [3.8, 4) is 0 Å². The highest BCUT2D eigenvalue weighted by Crippen LogP contribution is 2.11. The van der Waals surface area contributed by atoms with Gasteiger partial charge in [-0.25, -0.2) is 8.78 Å². The van der Waals surface area contributed by atoms with Gasteiger partial charge < -0.3 is 10.1 Å². The molecule has 2 rings (SSSR count). The van der Waals surface area contributed by atoms with E-state index in [1.165, 1.54) is 12.1 Å². The molecule has 1 atom stereocenters. The van der Waals surface area contributed by atoms with E-state index in [4.69, 9.17) is 4.74 Å². The third-order valence-corrected chi connectivity index (χ3v) is 2.91. The Bertz CT molecular complexity index is 344. The van der Waals surface area contributed by atoms with E-state index in [1.807, 2.05) is 0 Å². The first-order valence-corrected chi connectivity index (χ1v) is 6.01. The first-order chi connectivity index (χ1) is 8.24. The maximum Gasteiger partial charge on any atom is 0.126 e. The molecule has 2 nitrogen and oxygen atoms in total. The summed E-state index contributed by atoms with van der Waals surface area (Å²) in [6, 6.07) is 3.64. The molecule has 0 bridgehead atoms. The molecule has 0 aromatic heterocycles. The second-order valence-electron chi connectivity index (χ2n) is 4.37. The maximum absolute atomic E-state index is 12.9. The van der Waals surface area contributed by atoms with Crippen molar-refractivity contribution < 1.29 is 13.5 Å². The van der Waals surface area contributed by atoms with Crippen molar-refractivity contribution in [2.75, 3.05) is 19.7 Å². The Hall–Kier alpha value is -1.00. The lowest BCUT2D eigenvalue weighted by atomic mass is 10.1. The van der Waals surface area contributed by atoms with Crippen LogP contribution in [0, 0.1) is 11.6 Å². The van der Waals surface area contributed by atoms with Crippen LogP contribution in [0.25, 0.3) is 0 Å². The summed E-state index contributed by atoms with van der Waals surface area (Å²) in [5, 5.41) is 3.24. The highest BCUT2D eigenvalue weighted by atomic mass is 19.1. The SMILES string of the molecule is Fc1cc(F)cc(CCNCC2CCCO2)c1. The topological polar surface area (TPSA) is 21.3 Å². The standard InChI is InChI=1S/C13H17F2NO/c14-11-6-10(7-12(15)8-11)3-4-16-9-13-2-1-5-17-13/h6-8,13,16H,1-5,9H2. The fourth-order valence-electron chi connectivity index (χ4n) is 2.06. The fourth-order valence-corrected chi connectivity index (χ4v) is 2.06. The van der Waals surface area contributed by atoms with Crippen molar-refractivity contribution in [1.29, 1.82) is 0 Å². The van der Waals surface area contributed by atoms with Gasteiger partial charge in [0.1, 0.15) is 11.6 Å². The van der Waals surface area contributed by atoms with Gasteiger partial charge in [-0.05, 0) is 43.5 Å². The Kier molecular flexibility index (Phi) is 4.45. The van der Waals surface area contributed by atoms with E-state index >= 15 is 0 Å². The van der Waals surface area contributed by atoms with Gasteiger partial charge in [0, 0.05) is 19.2 Å². The minimum Gasteiger partial charge on any atom is -0.377 e. The van der Waals surface area contributed by atoms with Crippen molar-refractivity contribution in [2.45, 2.75) is 25.4 Å². The second-order valence-corrected chi connectivity index (χ2v) is 4.37. The molecule has 1 unspecified atom stereocenters. The second kappa shape index (κ2) is 6.07. The molecule has 0 amide bonds. The van der Waals surface area contributed by atoms with Gasteiger partial charge in [0.2, 0.25) is 0 Å². The van der Waals surface area contributed by atoms with E-state index < -0.39 is 11.6 Å². The van der Waals surface area contributed by atoms with Crippen molar-refractivity contribution in [1.82, 2.24) is 5.32 Å². The van der Waals surface area contributed by atoms with E-state index in [-0.39, 0.29) is 0 Å². The lowest BCUT2D eigenvalue weighted by molar-refractivity contribution is 0.110. The number of hydrogen-bond donors (Lipinski definition) is 1. The van der Waals surface area contributed by atoms with Crippen LogP contribution in [0.5, 0.6) is 0 Å². The van der Waals surface area contributed by atoms with E-state index in [9.17, 15) is 8.78 Å². The van der Waals surface area contributed by atoms with Crippen LogP contribution in [0.1, 0.15) is 18.4 Å². The predicted molar refractivity (Wildman–Crippen MR) is 61.9 cm³/mol. The van der Waals surface area contributed by atoms with E-state index in [2.05, 4.69) is 5.32 Å². The van der Waals surface area contributed by atoms with Gasteiger partial charge in [0.05, 0.1) is 6.10 Å². The molecular weight excluding hydrogens is 224 g/mol. The monoisotopic (exact) mass is 241 g/mol. The summed E-state index contributed by atoms with van der Waals surface area (Å²) < 4.78 is 31.3.